The number of morpholine rings is 1. The minimum atomic E-state index is 0.115. The lowest BCUT2D eigenvalue weighted by Crippen LogP contribution is -2.37. The number of aromatic nitrogens is 3. The first-order valence-corrected chi connectivity index (χ1v) is 6.38. The van der Waals surface area contributed by atoms with E-state index in [1.165, 1.54) is 0 Å². The van der Waals surface area contributed by atoms with Gasteiger partial charge in [0, 0.05) is 26.2 Å². The molecule has 0 spiro atoms. The van der Waals surface area contributed by atoms with Gasteiger partial charge in [0.15, 0.2) is 0 Å². The fourth-order valence-electron chi connectivity index (χ4n) is 1.69. The van der Waals surface area contributed by atoms with Gasteiger partial charge in [-0.05, 0) is 5.92 Å². The molecule has 106 valence electrons. The first-order valence-electron chi connectivity index (χ1n) is 6.38. The Kier molecular flexibility index (Phi) is 4.69. The third kappa shape index (κ3) is 3.90. The van der Waals surface area contributed by atoms with Gasteiger partial charge in [0.1, 0.15) is 0 Å². The second kappa shape index (κ2) is 6.48. The number of anilines is 3. The maximum absolute atomic E-state index is 8.99. The molecule has 1 saturated heterocycles. The van der Waals surface area contributed by atoms with Crippen LogP contribution in [0.15, 0.2) is 0 Å². The number of hydrogen-bond acceptors (Lipinski definition) is 8. The smallest absolute Gasteiger partial charge is 0.232 e. The van der Waals surface area contributed by atoms with Crippen molar-refractivity contribution in [1.29, 1.82) is 0 Å². The van der Waals surface area contributed by atoms with Crippen LogP contribution in [0.1, 0.15) is 6.92 Å². The maximum atomic E-state index is 8.99. The monoisotopic (exact) mass is 268 g/mol. The Morgan fingerprint density at radius 1 is 1.37 bits per heavy atom. The van der Waals surface area contributed by atoms with Crippen molar-refractivity contribution in [3.63, 3.8) is 0 Å². The normalized spacial score (nSPS) is 17.3. The van der Waals surface area contributed by atoms with Crippen LogP contribution in [0, 0.1) is 5.92 Å². The van der Waals surface area contributed by atoms with Crippen molar-refractivity contribution >= 4 is 17.8 Å². The second-order valence-corrected chi connectivity index (χ2v) is 4.59. The second-order valence-electron chi connectivity index (χ2n) is 4.59. The topological polar surface area (TPSA) is 109 Å². The van der Waals surface area contributed by atoms with Gasteiger partial charge in [-0.25, -0.2) is 0 Å². The van der Waals surface area contributed by atoms with E-state index in [2.05, 4.69) is 20.3 Å². The van der Waals surface area contributed by atoms with Crippen LogP contribution in [0.4, 0.5) is 17.8 Å². The molecule has 1 aliphatic rings. The van der Waals surface area contributed by atoms with Crippen molar-refractivity contribution in [1.82, 2.24) is 15.0 Å². The van der Waals surface area contributed by atoms with Crippen molar-refractivity contribution in [2.45, 2.75) is 6.92 Å². The zero-order valence-electron chi connectivity index (χ0n) is 11.0. The van der Waals surface area contributed by atoms with Gasteiger partial charge in [0.2, 0.25) is 17.8 Å². The average molecular weight is 268 g/mol. The lowest BCUT2D eigenvalue weighted by Gasteiger charge is -2.26. The summed E-state index contributed by atoms with van der Waals surface area (Å²) in [6.07, 6.45) is 0. The summed E-state index contributed by atoms with van der Waals surface area (Å²) in [5.74, 6) is 1.32. The van der Waals surface area contributed by atoms with Gasteiger partial charge in [-0.3, -0.25) is 0 Å². The summed E-state index contributed by atoms with van der Waals surface area (Å²) in [5, 5.41) is 12.0. The van der Waals surface area contributed by atoms with E-state index in [0.29, 0.717) is 31.7 Å². The van der Waals surface area contributed by atoms with E-state index in [1.807, 2.05) is 11.8 Å². The molecule has 8 heteroatoms. The molecule has 1 aromatic rings. The molecule has 0 aromatic carbocycles. The predicted octanol–water partition coefficient (Wildman–Crippen LogP) is -0.669. The molecule has 0 aliphatic carbocycles. The van der Waals surface area contributed by atoms with E-state index in [-0.39, 0.29) is 18.5 Å². The zero-order chi connectivity index (χ0) is 13.7. The molecule has 1 fully saturated rings. The van der Waals surface area contributed by atoms with E-state index in [4.69, 9.17) is 15.6 Å². The van der Waals surface area contributed by atoms with E-state index in [1.54, 1.807) is 0 Å². The van der Waals surface area contributed by atoms with Gasteiger partial charge in [0.05, 0.1) is 13.2 Å². The quantitative estimate of drug-likeness (QED) is 0.645. The summed E-state index contributed by atoms with van der Waals surface area (Å²) in [6.45, 7) is 5.45. The molecule has 2 rings (SSSR count). The third-order valence-electron chi connectivity index (χ3n) is 2.86. The molecule has 0 bridgehead atoms. The molecule has 8 nitrogen and oxygen atoms in total. The van der Waals surface area contributed by atoms with E-state index in [9.17, 15) is 0 Å². The predicted molar refractivity (Wildman–Crippen MR) is 72.0 cm³/mol. The van der Waals surface area contributed by atoms with Crippen LogP contribution in [0.3, 0.4) is 0 Å². The Morgan fingerprint density at radius 2 is 2.11 bits per heavy atom. The average Bonchev–Trinajstić information content (AvgIpc) is 2.45. The first-order chi connectivity index (χ1) is 9.19. The van der Waals surface area contributed by atoms with E-state index < -0.39 is 0 Å². The van der Waals surface area contributed by atoms with Crippen molar-refractivity contribution < 1.29 is 9.84 Å². The van der Waals surface area contributed by atoms with Crippen LogP contribution in [-0.2, 0) is 4.74 Å². The van der Waals surface area contributed by atoms with E-state index in [0.717, 1.165) is 13.1 Å². The molecule has 4 N–H and O–H groups in total. The summed E-state index contributed by atoms with van der Waals surface area (Å²) in [4.78, 5) is 14.5. The number of nitrogens with two attached hydrogens (primary N) is 1. The highest BCUT2D eigenvalue weighted by atomic mass is 16.5. The van der Waals surface area contributed by atoms with Crippen molar-refractivity contribution in [2.75, 3.05) is 55.4 Å². The lowest BCUT2D eigenvalue weighted by molar-refractivity contribution is 0.122. The number of nitrogens with zero attached hydrogens (tertiary/aromatic N) is 4. The molecule has 2 heterocycles. The Labute approximate surface area is 112 Å². The summed E-state index contributed by atoms with van der Waals surface area (Å²) in [7, 11) is 0. The highest BCUT2D eigenvalue weighted by Gasteiger charge is 2.15. The maximum Gasteiger partial charge on any atom is 0.232 e. The minimum absolute atomic E-state index is 0.115. The summed E-state index contributed by atoms with van der Waals surface area (Å²) in [6, 6.07) is 0. The molecule has 0 radical (unpaired) electrons. The molecular formula is C11H20N6O2. The van der Waals surface area contributed by atoms with Crippen molar-refractivity contribution in [3.05, 3.63) is 0 Å². The molecule has 19 heavy (non-hydrogen) atoms. The molecule has 1 unspecified atom stereocenters. The van der Waals surface area contributed by atoms with Crippen molar-refractivity contribution in [2.24, 2.45) is 5.92 Å². The van der Waals surface area contributed by atoms with Gasteiger partial charge < -0.3 is 25.8 Å². The molecule has 1 aliphatic heterocycles. The van der Waals surface area contributed by atoms with Crippen LogP contribution in [0.25, 0.3) is 0 Å². The van der Waals surface area contributed by atoms with Crippen LogP contribution in [0.5, 0.6) is 0 Å². The summed E-state index contributed by atoms with van der Waals surface area (Å²) in [5.41, 5.74) is 5.70. The fraction of sp³-hybridized carbons (Fsp3) is 0.727. The molecule has 1 aromatic heterocycles. The van der Waals surface area contributed by atoms with Gasteiger partial charge in [0.25, 0.3) is 0 Å². The number of hydrogen-bond donors (Lipinski definition) is 3. The van der Waals surface area contributed by atoms with Crippen LogP contribution >= 0.6 is 0 Å². The molecule has 0 amide bonds. The number of ether oxygens (including phenoxy) is 1. The Bertz CT molecular complexity index is 410. The van der Waals surface area contributed by atoms with Crippen molar-refractivity contribution in [3.8, 4) is 0 Å². The molecule has 1 atom stereocenters. The summed E-state index contributed by atoms with van der Waals surface area (Å²) < 4.78 is 5.29. The number of nitrogens with one attached hydrogen (secondary N) is 1. The largest absolute Gasteiger partial charge is 0.396 e. The highest BCUT2D eigenvalue weighted by Crippen LogP contribution is 2.13. The number of rotatable bonds is 5. The third-order valence-corrected chi connectivity index (χ3v) is 2.86. The molecule has 0 saturated carbocycles. The Hall–Kier alpha value is -1.67. The summed E-state index contributed by atoms with van der Waals surface area (Å²) >= 11 is 0. The lowest BCUT2D eigenvalue weighted by atomic mass is 10.2. The first kappa shape index (κ1) is 13.8. The Balaban J connectivity index is 2.05. The Morgan fingerprint density at radius 3 is 2.79 bits per heavy atom. The van der Waals surface area contributed by atoms with Crippen LogP contribution in [0.2, 0.25) is 0 Å². The van der Waals surface area contributed by atoms with Gasteiger partial charge in [-0.15, -0.1) is 0 Å². The number of aliphatic hydroxyl groups is 1. The minimum Gasteiger partial charge on any atom is -0.396 e. The van der Waals surface area contributed by atoms with E-state index >= 15 is 0 Å². The number of aliphatic hydroxyl groups excluding tert-OH is 1. The highest BCUT2D eigenvalue weighted by molar-refractivity contribution is 5.42. The van der Waals surface area contributed by atoms with Gasteiger partial charge >= 0.3 is 0 Å². The zero-order valence-corrected chi connectivity index (χ0v) is 11.0. The van der Waals surface area contributed by atoms with Crippen LogP contribution in [-0.4, -0.2) is 59.5 Å². The molecular weight excluding hydrogens is 248 g/mol. The SMILES string of the molecule is CC(CO)CNc1nc(N)nc(N2CCOCC2)n1. The number of nitrogen functional groups attached to an aromatic ring is 1. The van der Waals surface area contributed by atoms with Crippen LogP contribution < -0.4 is 16.0 Å². The van der Waals surface area contributed by atoms with Gasteiger partial charge in [-0.2, -0.15) is 15.0 Å². The van der Waals surface area contributed by atoms with Gasteiger partial charge in [-0.1, -0.05) is 6.92 Å². The standard InChI is InChI=1S/C11H20N6O2/c1-8(7-18)6-13-10-14-9(12)15-11(16-10)17-2-4-19-5-3-17/h8,18H,2-7H2,1H3,(H3,12,13,14,15,16). The fourth-order valence-corrected chi connectivity index (χ4v) is 1.69.